The molecule has 1 aliphatic heterocycles. The van der Waals surface area contributed by atoms with E-state index in [2.05, 4.69) is 28.4 Å². The molecule has 0 radical (unpaired) electrons. The molecule has 1 N–H and O–H groups in total. The van der Waals surface area contributed by atoms with E-state index in [1.54, 1.807) is 0 Å². The minimum absolute atomic E-state index is 0.801. The highest BCUT2D eigenvalue weighted by Crippen LogP contribution is 2.13. The monoisotopic (exact) mass is 241 g/mol. The van der Waals surface area contributed by atoms with Crippen molar-refractivity contribution >= 4 is 11.8 Å². The molecule has 16 heavy (non-hydrogen) atoms. The molecular formula is C11H19N3OS. The third-order valence-electron chi connectivity index (χ3n) is 2.65. The molecule has 1 aliphatic rings. The molecule has 1 aromatic rings. The SMILES string of the molecule is CCNCc1cc(CN2CCSCC2)on1. The first kappa shape index (κ1) is 12.0. The van der Waals surface area contributed by atoms with Crippen LogP contribution in [0.1, 0.15) is 18.4 Å². The van der Waals surface area contributed by atoms with Gasteiger partial charge in [-0.3, -0.25) is 4.90 Å². The quantitative estimate of drug-likeness (QED) is 0.842. The minimum atomic E-state index is 0.801. The molecule has 5 heteroatoms. The summed E-state index contributed by atoms with van der Waals surface area (Å²) in [6.45, 7) is 7.08. The Morgan fingerprint density at radius 1 is 1.50 bits per heavy atom. The topological polar surface area (TPSA) is 41.3 Å². The Hall–Kier alpha value is -0.520. The van der Waals surface area contributed by atoms with Gasteiger partial charge in [0, 0.05) is 37.2 Å². The predicted molar refractivity (Wildman–Crippen MR) is 66.5 cm³/mol. The third-order valence-corrected chi connectivity index (χ3v) is 3.59. The fraction of sp³-hybridized carbons (Fsp3) is 0.727. The summed E-state index contributed by atoms with van der Waals surface area (Å²) >= 11 is 2.03. The Balaban J connectivity index is 1.81. The molecule has 0 saturated carbocycles. The lowest BCUT2D eigenvalue weighted by Crippen LogP contribution is -2.31. The number of hydrogen-bond acceptors (Lipinski definition) is 5. The third kappa shape index (κ3) is 3.50. The van der Waals surface area contributed by atoms with Crippen molar-refractivity contribution in [3.63, 3.8) is 0 Å². The van der Waals surface area contributed by atoms with E-state index in [1.807, 2.05) is 11.8 Å². The Morgan fingerprint density at radius 2 is 2.31 bits per heavy atom. The van der Waals surface area contributed by atoms with Crippen LogP contribution in [0.25, 0.3) is 0 Å². The van der Waals surface area contributed by atoms with Gasteiger partial charge in [0.05, 0.1) is 12.2 Å². The summed E-state index contributed by atoms with van der Waals surface area (Å²) in [5.74, 6) is 3.45. The van der Waals surface area contributed by atoms with Crippen molar-refractivity contribution in [1.82, 2.24) is 15.4 Å². The van der Waals surface area contributed by atoms with Gasteiger partial charge in [-0.15, -0.1) is 0 Å². The van der Waals surface area contributed by atoms with E-state index in [0.717, 1.165) is 44.2 Å². The molecule has 0 amide bonds. The molecule has 1 saturated heterocycles. The molecule has 90 valence electrons. The molecular weight excluding hydrogens is 222 g/mol. The maximum atomic E-state index is 5.33. The van der Waals surface area contributed by atoms with Crippen molar-refractivity contribution in [2.24, 2.45) is 0 Å². The summed E-state index contributed by atoms with van der Waals surface area (Å²) in [5, 5.41) is 7.29. The summed E-state index contributed by atoms with van der Waals surface area (Å²) in [5.41, 5.74) is 1.00. The van der Waals surface area contributed by atoms with E-state index < -0.39 is 0 Å². The van der Waals surface area contributed by atoms with E-state index in [9.17, 15) is 0 Å². The first-order valence-electron chi connectivity index (χ1n) is 5.84. The van der Waals surface area contributed by atoms with Crippen molar-refractivity contribution in [3.8, 4) is 0 Å². The lowest BCUT2D eigenvalue weighted by atomic mass is 10.3. The maximum Gasteiger partial charge on any atom is 0.151 e. The first-order valence-corrected chi connectivity index (χ1v) is 6.99. The maximum absolute atomic E-state index is 5.33. The molecule has 0 atom stereocenters. The van der Waals surface area contributed by atoms with Gasteiger partial charge in [-0.1, -0.05) is 12.1 Å². The Labute approximate surface area is 101 Å². The van der Waals surface area contributed by atoms with Crippen LogP contribution in [0, 0.1) is 0 Å². The summed E-state index contributed by atoms with van der Waals surface area (Å²) in [6.07, 6.45) is 0. The number of aromatic nitrogens is 1. The van der Waals surface area contributed by atoms with E-state index in [-0.39, 0.29) is 0 Å². The average Bonchev–Trinajstić information content (AvgIpc) is 2.75. The van der Waals surface area contributed by atoms with E-state index >= 15 is 0 Å². The minimum Gasteiger partial charge on any atom is -0.360 e. The lowest BCUT2D eigenvalue weighted by Gasteiger charge is -2.24. The van der Waals surface area contributed by atoms with Gasteiger partial charge < -0.3 is 9.84 Å². The number of rotatable bonds is 5. The number of nitrogens with zero attached hydrogens (tertiary/aromatic N) is 2. The van der Waals surface area contributed by atoms with Gasteiger partial charge >= 0.3 is 0 Å². The average molecular weight is 241 g/mol. The highest BCUT2D eigenvalue weighted by Gasteiger charge is 2.13. The van der Waals surface area contributed by atoms with Crippen LogP contribution >= 0.6 is 11.8 Å². The second-order valence-corrected chi connectivity index (χ2v) is 5.18. The van der Waals surface area contributed by atoms with Gasteiger partial charge in [-0.25, -0.2) is 0 Å². The zero-order chi connectivity index (χ0) is 11.2. The highest BCUT2D eigenvalue weighted by atomic mass is 32.2. The predicted octanol–water partition coefficient (Wildman–Crippen LogP) is 1.33. The van der Waals surface area contributed by atoms with Gasteiger partial charge in [0.2, 0.25) is 0 Å². The van der Waals surface area contributed by atoms with Gasteiger partial charge in [0.25, 0.3) is 0 Å². The second kappa shape index (κ2) is 6.27. The summed E-state index contributed by atoms with van der Waals surface area (Å²) in [4.78, 5) is 2.42. The zero-order valence-electron chi connectivity index (χ0n) is 9.74. The number of nitrogens with one attached hydrogen (secondary N) is 1. The van der Waals surface area contributed by atoms with Crippen molar-refractivity contribution in [1.29, 1.82) is 0 Å². The van der Waals surface area contributed by atoms with Crippen molar-refractivity contribution < 1.29 is 4.52 Å². The van der Waals surface area contributed by atoms with Crippen LogP contribution in [0.2, 0.25) is 0 Å². The molecule has 2 heterocycles. The number of thioether (sulfide) groups is 1. The van der Waals surface area contributed by atoms with Crippen LogP contribution in [0.3, 0.4) is 0 Å². The summed E-state index contributed by atoms with van der Waals surface area (Å²) in [7, 11) is 0. The van der Waals surface area contributed by atoms with Crippen molar-refractivity contribution in [2.45, 2.75) is 20.0 Å². The molecule has 2 rings (SSSR count). The molecule has 0 unspecified atom stereocenters. The Morgan fingerprint density at radius 3 is 3.06 bits per heavy atom. The Bertz CT molecular complexity index is 310. The van der Waals surface area contributed by atoms with Crippen LogP contribution in [0.4, 0.5) is 0 Å². The van der Waals surface area contributed by atoms with E-state index in [0.29, 0.717) is 0 Å². The Kier molecular flexibility index (Phi) is 4.69. The van der Waals surface area contributed by atoms with Crippen molar-refractivity contribution in [3.05, 3.63) is 17.5 Å². The fourth-order valence-electron chi connectivity index (χ4n) is 1.75. The second-order valence-electron chi connectivity index (χ2n) is 3.95. The van der Waals surface area contributed by atoms with E-state index in [4.69, 9.17) is 4.52 Å². The van der Waals surface area contributed by atoms with E-state index in [1.165, 1.54) is 11.5 Å². The van der Waals surface area contributed by atoms with Crippen LogP contribution in [-0.2, 0) is 13.1 Å². The fourth-order valence-corrected chi connectivity index (χ4v) is 2.73. The standard InChI is InChI=1S/C11H19N3OS/c1-2-12-8-10-7-11(15-13-10)9-14-3-5-16-6-4-14/h7,12H,2-6,8-9H2,1H3. The van der Waals surface area contributed by atoms with Gasteiger partial charge in [-0.2, -0.15) is 11.8 Å². The van der Waals surface area contributed by atoms with Crippen LogP contribution in [0.5, 0.6) is 0 Å². The molecule has 1 aromatic heterocycles. The van der Waals surface area contributed by atoms with Gasteiger partial charge in [0.1, 0.15) is 0 Å². The number of hydrogen-bond donors (Lipinski definition) is 1. The molecule has 0 spiro atoms. The molecule has 0 aromatic carbocycles. The van der Waals surface area contributed by atoms with Crippen LogP contribution in [0.15, 0.2) is 10.6 Å². The van der Waals surface area contributed by atoms with Crippen molar-refractivity contribution in [2.75, 3.05) is 31.1 Å². The smallest absolute Gasteiger partial charge is 0.151 e. The van der Waals surface area contributed by atoms with Crippen LogP contribution in [-0.4, -0.2) is 41.2 Å². The zero-order valence-corrected chi connectivity index (χ0v) is 10.6. The largest absolute Gasteiger partial charge is 0.360 e. The molecule has 4 nitrogen and oxygen atoms in total. The molecule has 0 aliphatic carbocycles. The first-order chi connectivity index (χ1) is 7.88. The lowest BCUT2D eigenvalue weighted by molar-refractivity contribution is 0.250. The normalized spacial score (nSPS) is 17.8. The summed E-state index contributed by atoms with van der Waals surface area (Å²) < 4.78 is 5.33. The molecule has 1 fully saturated rings. The molecule has 0 bridgehead atoms. The van der Waals surface area contributed by atoms with Crippen LogP contribution < -0.4 is 5.32 Å². The summed E-state index contributed by atoms with van der Waals surface area (Å²) in [6, 6.07) is 2.06. The van der Waals surface area contributed by atoms with Gasteiger partial charge in [0.15, 0.2) is 5.76 Å². The van der Waals surface area contributed by atoms with Gasteiger partial charge in [-0.05, 0) is 6.54 Å². The highest BCUT2D eigenvalue weighted by molar-refractivity contribution is 7.99.